The van der Waals surface area contributed by atoms with E-state index < -0.39 is 11.3 Å². The van der Waals surface area contributed by atoms with Crippen LogP contribution >= 0.6 is 0 Å². The molecule has 2 heterocycles. The number of nitrogens with zero attached hydrogens (tertiary/aromatic N) is 3. The maximum atomic E-state index is 12.9. The highest BCUT2D eigenvalue weighted by Gasteiger charge is 2.24. The second-order valence-electron chi connectivity index (χ2n) is 8.78. The van der Waals surface area contributed by atoms with E-state index in [2.05, 4.69) is 15.6 Å². The molecule has 0 saturated heterocycles. The molecule has 9 nitrogen and oxygen atoms in total. The van der Waals surface area contributed by atoms with Crippen molar-refractivity contribution in [2.75, 3.05) is 19.0 Å². The summed E-state index contributed by atoms with van der Waals surface area (Å²) < 4.78 is 6.26. The van der Waals surface area contributed by atoms with Gasteiger partial charge in [0.25, 0.3) is 5.56 Å². The van der Waals surface area contributed by atoms with E-state index in [1.807, 2.05) is 24.3 Å². The number of aromatic nitrogens is 3. The number of benzene rings is 1. The van der Waals surface area contributed by atoms with Crippen molar-refractivity contribution >= 4 is 22.6 Å². The van der Waals surface area contributed by atoms with Gasteiger partial charge in [0.1, 0.15) is 23.5 Å². The van der Waals surface area contributed by atoms with Gasteiger partial charge in [-0.15, -0.1) is 0 Å². The van der Waals surface area contributed by atoms with E-state index in [4.69, 9.17) is 9.72 Å². The SMILES string of the molecule is COCC(=O)NC(C)(C)Nc1nc(-c2ccc(C(C)(C)O)cc2)cc2ncn(C)c(=O)c12. The van der Waals surface area contributed by atoms with Crippen LogP contribution in [0.3, 0.4) is 0 Å². The van der Waals surface area contributed by atoms with Gasteiger partial charge in [-0.25, -0.2) is 9.97 Å². The minimum absolute atomic E-state index is 0.0871. The second kappa shape index (κ2) is 8.68. The molecule has 3 rings (SSSR count). The number of aliphatic hydroxyl groups is 1. The molecule has 0 unspecified atom stereocenters. The molecule has 0 atom stereocenters. The monoisotopic (exact) mass is 439 g/mol. The van der Waals surface area contributed by atoms with E-state index in [9.17, 15) is 14.7 Å². The lowest BCUT2D eigenvalue weighted by Crippen LogP contribution is -2.51. The molecule has 3 N–H and O–H groups in total. The Labute approximate surface area is 186 Å². The lowest BCUT2D eigenvalue weighted by atomic mass is 9.96. The molecular weight excluding hydrogens is 410 g/mol. The Bertz CT molecular complexity index is 1190. The molecule has 0 saturated carbocycles. The fraction of sp³-hybridized carbons (Fsp3) is 0.391. The van der Waals surface area contributed by atoms with Gasteiger partial charge >= 0.3 is 0 Å². The average molecular weight is 440 g/mol. The first-order chi connectivity index (χ1) is 14.9. The highest BCUT2D eigenvalue weighted by atomic mass is 16.5. The molecule has 0 radical (unpaired) electrons. The molecule has 0 aliphatic heterocycles. The quantitative estimate of drug-likeness (QED) is 0.483. The van der Waals surface area contributed by atoms with Crippen molar-refractivity contribution in [2.24, 2.45) is 7.05 Å². The number of anilines is 1. The number of fused-ring (bicyclic) bond motifs is 1. The number of ether oxygens (including phenoxy) is 1. The second-order valence-corrected chi connectivity index (χ2v) is 8.78. The van der Waals surface area contributed by atoms with Crippen molar-refractivity contribution in [1.29, 1.82) is 0 Å². The van der Waals surface area contributed by atoms with Gasteiger partial charge < -0.3 is 25.0 Å². The van der Waals surface area contributed by atoms with Crippen molar-refractivity contribution in [3.05, 3.63) is 52.6 Å². The van der Waals surface area contributed by atoms with Gasteiger partial charge in [-0.2, -0.15) is 0 Å². The van der Waals surface area contributed by atoms with Crippen molar-refractivity contribution in [2.45, 2.75) is 39.0 Å². The minimum atomic E-state index is -0.958. The van der Waals surface area contributed by atoms with Crippen LogP contribution < -0.4 is 16.2 Å². The molecule has 0 fully saturated rings. The number of nitrogens with one attached hydrogen (secondary N) is 2. The number of hydrogen-bond acceptors (Lipinski definition) is 7. The fourth-order valence-corrected chi connectivity index (χ4v) is 3.35. The first-order valence-corrected chi connectivity index (χ1v) is 10.2. The van der Waals surface area contributed by atoms with Gasteiger partial charge in [0.05, 0.1) is 23.1 Å². The highest BCUT2D eigenvalue weighted by Crippen LogP contribution is 2.28. The van der Waals surface area contributed by atoms with Crippen molar-refractivity contribution in [1.82, 2.24) is 19.9 Å². The average Bonchev–Trinajstić information content (AvgIpc) is 2.69. The lowest BCUT2D eigenvalue weighted by Gasteiger charge is -2.29. The maximum absolute atomic E-state index is 12.9. The highest BCUT2D eigenvalue weighted by molar-refractivity contribution is 5.91. The molecule has 9 heteroatoms. The van der Waals surface area contributed by atoms with Crippen LogP contribution in [0, 0.1) is 0 Å². The number of carbonyl (C=O) groups excluding carboxylic acids is 1. The summed E-state index contributed by atoms with van der Waals surface area (Å²) in [7, 11) is 3.06. The molecule has 3 aromatic rings. The number of hydrogen-bond donors (Lipinski definition) is 3. The summed E-state index contributed by atoms with van der Waals surface area (Å²) in [5.74, 6) is -0.000763. The lowest BCUT2D eigenvalue weighted by molar-refractivity contribution is -0.126. The molecular formula is C23H29N5O4. The Kier molecular flexibility index (Phi) is 6.34. The molecule has 2 aromatic heterocycles. The van der Waals surface area contributed by atoms with E-state index in [1.54, 1.807) is 40.8 Å². The number of aryl methyl sites for hydroxylation is 1. The van der Waals surface area contributed by atoms with Crippen LogP contribution in [0.1, 0.15) is 33.3 Å². The minimum Gasteiger partial charge on any atom is -0.386 e. The fourth-order valence-electron chi connectivity index (χ4n) is 3.35. The van der Waals surface area contributed by atoms with E-state index in [-0.39, 0.29) is 18.1 Å². The Morgan fingerprint density at radius 2 is 1.84 bits per heavy atom. The first kappa shape index (κ1) is 23.4. The third kappa shape index (κ3) is 5.12. The van der Waals surface area contributed by atoms with Crippen LogP contribution in [0.25, 0.3) is 22.2 Å². The summed E-state index contributed by atoms with van der Waals surface area (Å²) in [4.78, 5) is 34.0. The van der Waals surface area contributed by atoms with Crippen LogP contribution in [0.15, 0.2) is 41.5 Å². The van der Waals surface area contributed by atoms with E-state index in [0.29, 0.717) is 22.4 Å². The summed E-state index contributed by atoms with van der Waals surface area (Å²) in [6.07, 6.45) is 1.46. The Balaban J connectivity index is 2.10. The van der Waals surface area contributed by atoms with Crippen molar-refractivity contribution < 1.29 is 14.6 Å². The number of pyridine rings is 1. The summed E-state index contributed by atoms with van der Waals surface area (Å²) in [6.45, 7) is 6.88. The summed E-state index contributed by atoms with van der Waals surface area (Å²) in [6, 6.07) is 9.13. The van der Waals surface area contributed by atoms with E-state index in [0.717, 1.165) is 11.1 Å². The Morgan fingerprint density at radius 1 is 1.19 bits per heavy atom. The Morgan fingerprint density at radius 3 is 2.44 bits per heavy atom. The number of carbonyl (C=O) groups is 1. The molecule has 0 spiro atoms. The molecule has 32 heavy (non-hydrogen) atoms. The number of amides is 1. The van der Waals surface area contributed by atoms with Gasteiger partial charge in [-0.05, 0) is 39.3 Å². The zero-order valence-corrected chi connectivity index (χ0v) is 19.2. The van der Waals surface area contributed by atoms with E-state index >= 15 is 0 Å². The van der Waals surface area contributed by atoms with Crippen LogP contribution in [-0.4, -0.2) is 44.9 Å². The molecule has 0 bridgehead atoms. The first-order valence-electron chi connectivity index (χ1n) is 10.2. The van der Waals surface area contributed by atoms with Gasteiger partial charge in [0, 0.05) is 19.7 Å². The smallest absolute Gasteiger partial charge is 0.264 e. The van der Waals surface area contributed by atoms with Crippen LogP contribution in [0.5, 0.6) is 0 Å². The van der Waals surface area contributed by atoms with Crippen LogP contribution in [-0.2, 0) is 22.2 Å². The zero-order valence-electron chi connectivity index (χ0n) is 19.2. The van der Waals surface area contributed by atoms with Crippen LogP contribution in [0.4, 0.5) is 5.82 Å². The zero-order chi connectivity index (χ0) is 23.7. The predicted octanol–water partition coefficient (Wildman–Crippen LogP) is 2.13. The number of methoxy groups -OCH3 is 1. The van der Waals surface area contributed by atoms with Crippen molar-refractivity contribution in [3.63, 3.8) is 0 Å². The summed E-state index contributed by atoms with van der Waals surface area (Å²) in [5, 5.41) is 16.5. The van der Waals surface area contributed by atoms with Gasteiger partial charge in [0.2, 0.25) is 5.91 Å². The van der Waals surface area contributed by atoms with E-state index in [1.165, 1.54) is 18.0 Å². The molecule has 0 aliphatic rings. The standard InChI is InChI=1S/C23H29N5O4/c1-22(2,31)15-9-7-14(8-10-15)16-11-17-19(21(30)28(5)13-24-17)20(25-16)27-23(3,4)26-18(29)12-32-6/h7-11,13,31H,12H2,1-6H3,(H,25,27)(H,26,29). The molecule has 170 valence electrons. The Hall–Kier alpha value is -3.30. The normalized spacial score (nSPS) is 12.1. The topological polar surface area (TPSA) is 118 Å². The number of rotatable bonds is 7. The third-order valence-corrected chi connectivity index (χ3v) is 4.95. The summed E-state index contributed by atoms with van der Waals surface area (Å²) >= 11 is 0. The molecule has 1 aromatic carbocycles. The molecule has 1 amide bonds. The van der Waals surface area contributed by atoms with Crippen LogP contribution in [0.2, 0.25) is 0 Å². The van der Waals surface area contributed by atoms with Crippen molar-refractivity contribution in [3.8, 4) is 11.3 Å². The largest absolute Gasteiger partial charge is 0.386 e. The maximum Gasteiger partial charge on any atom is 0.264 e. The third-order valence-electron chi connectivity index (χ3n) is 4.95. The summed E-state index contributed by atoms with van der Waals surface area (Å²) in [5.41, 5.74) is 0.516. The van der Waals surface area contributed by atoms with Gasteiger partial charge in [-0.1, -0.05) is 24.3 Å². The van der Waals surface area contributed by atoms with Gasteiger partial charge in [0.15, 0.2) is 0 Å². The predicted molar refractivity (Wildman–Crippen MR) is 123 cm³/mol. The van der Waals surface area contributed by atoms with Gasteiger partial charge in [-0.3, -0.25) is 9.59 Å². The molecule has 0 aliphatic carbocycles.